The number of esters is 1. The predicted octanol–water partition coefficient (Wildman–Crippen LogP) is 7.61. The Morgan fingerprint density at radius 3 is 2.17 bits per heavy atom. The van der Waals surface area contributed by atoms with Gasteiger partial charge in [-0.2, -0.15) is 0 Å². The number of hydrogen-bond acceptors (Lipinski definition) is 7. The van der Waals surface area contributed by atoms with Crippen molar-refractivity contribution in [3.05, 3.63) is 71.3 Å². The lowest BCUT2D eigenvalue weighted by Crippen LogP contribution is -2.42. The molecule has 0 aliphatic heterocycles. The smallest absolute Gasteiger partial charge is 0.316 e. The summed E-state index contributed by atoms with van der Waals surface area (Å²) >= 11 is 0. The molecule has 9 heteroatoms. The Kier molecular flexibility index (Phi) is 12.5. The third-order valence-electron chi connectivity index (χ3n) is 10.2. The maximum absolute atomic E-state index is 13.9. The molecule has 0 amide bonds. The van der Waals surface area contributed by atoms with E-state index in [1.54, 1.807) is 0 Å². The van der Waals surface area contributed by atoms with Crippen LogP contribution < -0.4 is 0 Å². The number of rotatable bonds is 18. The van der Waals surface area contributed by atoms with Gasteiger partial charge in [-0.1, -0.05) is 95.6 Å². The molecule has 1 N–H and O–H groups in total. The number of aliphatic hydroxyl groups excluding tert-OH is 1. The topological polar surface area (TPSA) is 99.1 Å². The Morgan fingerprint density at radius 2 is 1.59 bits per heavy atom. The second-order valence-electron chi connectivity index (χ2n) is 15.9. The lowest BCUT2D eigenvalue weighted by molar-refractivity contribution is -0.151. The largest absolute Gasteiger partial charge is 0.460 e. The highest BCUT2D eigenvalue weighted by atomic mass is 32.2. The Labute approximate surface area is 279 Å². The predicted molar refractivity (Wildman–Crippen MR) is 188 cm³/mol. The van der Waals surface area contributed by atoms with Crippen LogP contribution >= 0.6 is 0 Å². The number of aliphatic hydroxyl groups is 1. The molecule has 3 rings (SSSR count). The zero-order chi connectivity index (χ0) is 34.4. The maximum Gasteiger partial charge on any atom is 0.316 e. The minimum atomic E-state index is -3.33. The maximum atomic E-state index is 13.9. The van der Waals surface area contributed by atoms with Gasteiger partial charge in [-0.05, 0) is 79.3 Å². The number of carbonyl (C=O) groups excluding carboxylic acids is 1. The highest BCUT2D eigenvalue weighted by Gasteiger charge is 2.49. The summed E-state index contributed by atoms with van der Waals surface area (Å²) in [5, 5.41) is 10.5. The molecule has 1 aliphatic carbocycles. The van der Waals surface area contributed by atoms with Gasteiger partial charge in [0.15, 0.2) is 24.4 Å². The van der Waals surface area contributed by atoms with Crippen molar-refractivity contribution in [1.29, 1.82) is 0 Å². The molecular weight excluding hydrogens is 617 g/mol. The molecule has 1 unspecified atom stereocenters. The van der Waals surface area contributed by atoms with Crippen LogP contribution in [0.2, 0.25) is 18.1 Å². The lowest BCUT2D eigenvalue weighted by Gasteiger charge is -2.36. The van der Waals surface area contributed by atoms with Crippen LogP contribution in [0, 0.1) is 10.8 Å². The van der Waals surface area contributed by atoms with Crippen LogP contribution in [0.3, 0.4) is 0 Å². The minimum Gasteiger partial charge on any atom is -0.460 e. The SMILES string of the molecule is COC(O)C1(Cc2cccc([C@@](C)(CCCC(C)(C)CS(=O)(=O)CCO[Si](C)(C)C(C)(C)C)C(=O)OCc3ccccc3)c2)CC1. The van der Waals surface area contributed by atoms with E-state index in [1.807, 2.05) is 69.3 Å². The second-order valence-corrected chi connectivity index (χ2v) is 22.9. The van der Waals surface area contributed by atoms with Crippen LogP contribution in [0.1, 0.15) is 90.3 Å². The molecule has 7 nitrogen and oxygen atoms in total. The van der Waals surface area contributed by atoms with Crippen LogP contribution in [-0.4, -0.2) is 59.3 Å². The van der Waals surface area contributed by atoms with Crippen LogP contribution in [0.15, 0.2) is 54.6 Å². The van der Waals surface area contributed by atoms with Gasteiger partial charge in [-0.25, -0.2) is 8.42 Å². The molecule has 46 heavy (non-hydrogen) atoms. The summed E-state index contributed by atoms with van der Waals surface area (Å²) in [6.07, 6.45) is 3.42. The van der Waals surface area contributed by atoms with Gasteiger partial charge in [0.1, 0.15) is 6.61 Å². The first-order valence-electron chi connectivity index (χ1n) is 16.6. The second kappa shape index (κ2) is 15.0. The van der Waals surface area contributed by atoms with Gasteiger partial charge in [-0.3, -0.25) is 4.79 Å². The molecule has 0 spiro atoms. The molecule has 1 saturated carbocycles. The van der Waals surface area contributed by atoms with Crippen molar-refractivity contribution in [2.24, 2.45) is 10.8 Å². The van der Waals surface area contributed by atoms with Gasteiger partial charge in [0.25, 0.3) is 0 Å². The van der Waals surface area contributed by atoms with E-state index in [0.29, 0.717) is 25.7 Å². The molecule has 258 valence electrons. The Bertz CT molecular complexity index is 1390. The molecule has 1 fully saturated rings. The quantitative estimate of drug-likeness (QED) is 0.0987. The van der Waals surface area contributed by atoms with Crippen LogP contribution in [0.5, 0.6) is 0 Å². The highest BCUT2D eigenvalue weighted by Crippen LogP contribution is 2.51. The van der Waals surface area contributed by atoms with Gasteiger partial charge < -0.3 is 19.0 Å². The van der Waals surface area contributed by atoms with E-state index in [-0.39, 0.29) is 41.1 Å². The zero-order valence-corrected chi connectivity index (χ0v) is 31.5. The molecule has 1 aliphatic rings. The first-order valence-corrected chi connectivity index (χ1v) is 21.3. The van der Waals surface area contributed by atoms with Gasteiger partial charge in [0.05, 0.1) is 16.9 Å². The van der Waals surface area contributed by atoms with Crippen molar-refractivity contribution < 1.29 is 32.2 Å². The molecule has 0 bridgehead atoms. The fourth-order valence-electron chi connectivity index (χ4n) is 5.90. The van der Waals surface area contributed by atoms with Gasteiger partial charge in [0.2, 0.25) is 0 Å². The average Bonchev–Trinajstić information content (AvgIpc) is 3.74. The highest BCUT2D eigenvalue weighted by molar-refractivity contribution is 7.91. The van der Waals surface area contributed by atoms with E-state index in [1.165, 1.54) is 7.11 Å². The number of benzene rings is 2. The molecule has 0 saturated heterocycles. The number of ether oxygens (including phenoxy) is 2. The van der Waals surface area contributed by atoms with Crippen molar-refractivity contribution in [3.8, 4) is 0 Å². The number of carbonyl (C=O) groups is 1. The molecule has 0 radical (unpaired) electrons. The van der Waals surface area contributed by atoms with E-state index in [2.05, 4.69) is 39.9 Å². The fourth-order valence-corrected chi connectivity index (χ4v) is 8.91. The van der Waals surface area contributed by atoms with Crippen LogP contribution in [-0.2, 0) is 47.0 Å². The minimum absolute atomic E-state index is 0.0124. The molecule has 2 aromatic rings. The molecular formula is C37H58O7SSi. The van der Waals surface area contributed by atoms with Crippen molar-refractivity contribution in [2.75, 3.05) is 25.2 Å². The van der Waals surface area contributed by atoms with Crippen LogP contribution in [0.25, 0.3) is 0 Å². The first kappa shape index (κ1) is 38.4. The standard InChI is InChI=1S/C37H58O7SSi/c1-34(2,3)46(8,9)44-23-24-45(40,41)28-35(4,5)19-14-20-36(6,32(38)43-27-29-15-11-10-12-16-29)31-18-13-17-30(25-31)26-37(21-22-37)33(39)42-7/h10-13,15-18,25,33,39H,14,19-24,26-28H2,1-9H3/t33?,36-/m1/s1. The number of hydrogen-bond donors (Lipinski definition) is 1. The summed E-state index contributed by atoms with van der Waals surface area (Å²) < 4.78 is 43.6. The molecule has 0 aromatic heterocycles. The van der Waals surface area contributed by atoms with E-state index < -0.39 is 35.3 Å². The van der Waals surface area contributed by atoms with E-state index in [0.717, 1.165) is 29.5 Å². The summed E-state index contributed by atoms with van der Waals surface area (Å²) in [6.45, 7) is 17.0. The summed E-state index contributed by atoms with van der Waals surface area (Å²) in [4.78, 5) is 13.9. The Morgan fingerprint density at radius 1 is 0.957 bits per heavy atom. The molecule has 2 aromatic carbocycles. The van der Waals surface area contributed by atoms with Crippen molar-refractivity contribution in [2.45, 2.75) is 117 Å². The van der Waals surface area contributed by atoms with Crippen molar-refractivity contribution in [3.63, 3.8) is 0 Å². The number of methoxy groups -OCH3 is 1. The van der Waals surface area contributed by atoms with Crippen molar-refractivity contribution >= 4 is 24.1 Å². The van der Waals surface area contributed by atoms with Crippen molar-refractivity contribution in [1.82, 2.24) is 0 Å². The van der Waals surface area contributed by atoms with E-state index in [9.17, 15) is 18.3 Å². The monoisotopic (exact) mass is 674 g/mol. The normalized spacial score (nSPS) is 17.3. The van der Waals surface area contributed by atoms with E-state index in [4.69, 9.17) is 13.9 Å². The third-order valence-corrected chi connectivity index (χ3v) is 16.8. The fraction of sp³-hybridized carbons (Fsp3) is 0.649. The van der Waals surface area contributed by atoms with E-state index >= 15 is 0 Å². The average molecular weight is 675 g/mol. The summed E-state index contributed by atoms with van der Waals surface area (Å²) in [7, 11) is -3.83. The van der Waals surface area contributed by atoms with Gasteiger partial charge in [0, 0.05) is 19.1 Å². The Balaban J connectivity index is 1.72. The van der Waals surface area contributed by atoms with Crippen LogP contribution in [0.4, 0.5) is 0 Å². The summed E-state index contributed by atoms with van der Waals surface area (Å²) in [6, 6.07) is 17.7. The van der Waals surface area contributed by atoms with Gasteiger partial charge >= 0.3 is 5.97 Å². The summed E-state index contributed by atoms with van der Waals surface area (Å²) in [5.74, 6) is -0.228. The third kappa shape index (κ3) is 10.5. The molecule has 0 heterocycles. The Hall–Kier alpha value is -2.04. The molecule has 2 atom stereocenters. The van der Waals surface area contributed by atoms with Gasteiger partial charge in [-0.15, -0.1) is 0 Å². The first-order chi connectivity index (χ1) is 21.2. The summed E-state index contributed by atoms with van der Waals surface area (Å²) in [5.41, 5.74) is 1.12. The lowest BCUT2D eigenvalue weighted by atomic mass is 9.75. The zero-order valence-electron chi connectivity index (χ0n) is 29.6. The number of sulfone groups is 1.